The fourth-order valence-electron chi connectivity index (χ4n) is 2.94. The standard InChI is InChI=1S/C14H10BrClO2.C8H3BrN2.C6H4Cl2O2S.H7P5/c1-18-14(17)10-5-6-12(13(16)8-10)9-3-2-4-11(15)7-9;1-11-7-4-2-3-6(5-10)8(7)9;7-5-1-3-6(4-2-5)11(8,9)10;1-4-5(2)3/h2-8H,1H3;2-4H;1-4H;4H,1-3H2. The quantitative estimate of drug-likeness (QED) is 0.0881. The van der Waals surface area contributed by atoms with Crippen molar-refractivity contribution in [3.63, 3.8) is 0 Å². The van der Waals surface area contributed by atoms with E-state index >= 15 is 0 Å². The zero-order valence-electron chi connectivity index (χ0n) is 23.1. The number of hydrogen-bond acceptors (Lipinski definition) is 5. The molecule has 0 saturated carbocycles. The van der Waals surface area contributed by atoms with Crippen LogP contribution in [0.2, 0.25) is 10.0 Å². The minimum atomic E-state index is -3.61. The fourth-order valence-corrected chi connectivity index (χ4v) is 4.97. The van der Waals surface area contributed by atoms with Gasteiger partial charge in [0.15, 0.2) is 0 Å². The van der Waals surface area contributed by atoms with Crippen LogP contribution in [0.4, 0.5) is 5.69 Å². The highest BCUT2D eigenvalue weighted by atomic mass is 79.9. The van der Waals surface area contributed by atoms with Crippen LogP contribution in [0.25, 0.3) is 16.0 Å². The Morgan fingerprint density at radius 1 is 1.02 bits per heavy atom. The Bertz CT molecular complexity index is 1760. The van der Waals surface area contributed by atoms with Crippen LogP contribution >= 0.6 is 107 Å². The van der Waals surface area contributed by atoms with Gasteiger partial charge in [0.25, 0.3) is 9.05 Å². The van der Waals surface area contributed by atoms with E-state index in [0.717, 1.165) is 23.6 Å². The molecule has 0 fully saturated rings. The van der Waals surface area contributed by atoms with Crippen molar-refractivity contribution < 1.29 is 17.9 Å². The molecule has 0 heterocycles. The maximum Gasteiger partial charge on any atom is 0.337 e. The van der Waals surface area contributed by atoms with Crippen molar-refractivity contribution in [1.29, 1.82) is 5.26 Å². The van der Waals surface area contributed by atoms with Gasteiger partial charge in [0, 0.05) is 35.2 Å². The Kier molecular flexibility index (Phi) is 20.7. The summed E-state index contributed by atoms with van der Waals surface area (Å²) in [5.74, 6) is -0.391. The Labute approximate surface area is 304 Å². The van der Waals surface area contributed by atoms with Crippen molar-refractivity contribution in [2.24, 2.45) is 0 Å². The van der Waals surface area contributed by atoms with Gasteiger partial charge in [0.2, 0.25) is 5.69 Å². The highest BCUT2D eigenvalue weighted by molar-refractivity contribution is 9.11. The second-order valence-electron chi connectivity index (χ2n) is 7.99. The van der Waals surface area contributed by atoms with Crippen molar-refractivity contribution in [2.45, 2.75) is 4.90 Å². The highest BCUT2D eigenvalue weighted by Crippen LogP contribution is 2.71. The lowest BCUT2D eigenvalue weighted by atomic mass is 10.0. The van der Waals surface area contributed by atoms with Crippen LogP contribution in [0.1, 0.15) is 15.9 Å². The molecule has 0 N–H and O–H groups in total. The van der Waals surface area contributed by atoms with Crippen LogP contribution in [0.5, 0.6) is 0 Å². The maximum absolute atomic E-state index is 11.4. The average Bonchev–Trinajstić information content (AvgIpc) is 3.01. The zero-order chi connectivity index (χ0) is 34.2. The van der Waals surface area contributed by atoms with Crippen LogP contribution in [-0.2, 0) is 13.8 Å². The van der Waals surface area contributed by atoms with Gasteiger partial charge in [-0.25, -0.2) is 18.1 Å². The van der Waals surface area contributed by atoms with E-state index in [4.69, 9.17) is 45.7 Å². The summed E-state index contributed by atoms with van der Waals surface area (Å²) in [6, 6.07) is 25.6. The van der Waals surface area contributed by atoms with Gasteiger partial charge in [-0.05, 0) is 67.1 Å². The van der Waals surface area contributed by atoms with Crippen molar-refractivity contribution in [1.82, 2.24) is 0 Å². The molecule has 0 radical (unpaired) electrons. The lowest BCUT2D eigenvalue weighted by molar-refractivity contribution is 0.0600. The molecule has 4 aromatic rings. The molecule has 6 nitrogen and oxygen atoms in total. The number of carbonyl (C=O) groups excluding carboxylic acids is 1. The second kappa shape index (κ2) is 22.0. The molecule has 0 bridgehead atoms. The van der Waals surface area contributed by atoms with Gasteiger partial charge in [-0.3, -0.25) is 0 Å². The molecule has 4 aromatic carbocycles. The molecular formula is C28H24Br2Cl3N2O4P5S. The van der Waals surface area contributed by atoms with E-state index in [-0.39, 0.29) is 11.9 Å². The summed E-state index contributed by atoms with van der Waals surface area (Å²) in [4.78, 5) is 14.7. The first kappa shape index (κ1) is 42.3. The first-order valence-electron chi connectivity index (χ1n) is 11.8. The summed E-state index contributed by atoms with van der Waals surface area (Å²) in [7, 11) is 12.0. The largest absolute Gasteiger partial charge is 0.465 e. The average molecular weight is 906 g/mol. The minimum absolute atomic E-state index is 0.0589. The number of ether oxygens (including phenoxy) is 1. The van der Waals surface area contributed by atoms with Gasteiger partial charge in [-0.2, -0.15) is 5.26 Å². The molecule has 17 heteroatoms. The van der Waals surface area contributed by atoms with Crippen LogP contribution in [0.3, 0.4) is 0 Å². The summed E-state index contributed by atoms with van der Waals surface area (Å²) in [5.41, 5.74) is 3.29. The van der Waals surface area contributed by atoms with Crippen LogP contribution in [0, 0.1) is 17.9 Å². The summed E-state index contributed by atoms with van der Waals surface area (Å²) < 4.78 is 27.5. The molecule has 4 unspecified atom stereocenters. The van der Waals surface area contributed by atoms with Gasteiger partial charge in [0.1, 0.15) is 0 Å². The number of methoxy groups -OCH3 is 1. The number of esters is 1. The Balaban J connectivity index is 0.000000326. The summed E-state index contributed by atoms with van der Waals surface area (Å²) in [6.45, 7) is 6.97. The lowest BCUT2D eigenvalue weighted by Crippen LogP contribution is -2.00. The molecule has 0 aliphatic rings. The van der Waals surface area contributed by atoms with E-state index in [9.17, 15) is 13.2 Å². The predicted octanol–water partition coefficient (Wildman–Crippen LogP) is 12.1. The number of nitrogens with zero attached hydrogens (tertiary/aromatic N) is 2. The number of carbonyl (C=O) groups is 1. The normalized spacial score (nSPS) is 10.2. The molecule has 45 heavy (non-hydrogen) atoms. The third kappa shape index (κ3) is 15.8. The first-order valence-corrected chi connectivity index (χ1v) is 24.7. The molecule has 4 atom stereocenters. The molecule has 0 amide bonds. The van der Waals surface area contributed by atoms with Crippen LogP contribution < -0.4 is 0 Å². The lowest BCUT2D eigenvalue weighted by Gasteiger charge is -2.07. The number of rotatable bonds is 4. The zero-order valence-corrected chi connectivity index (χ0v) is 34.7. The highest BCUT2D eigenvalue weighted by Gasteiger charge is 2.10. The van der Waals surface area contributed by atoms with E-state index in [2.05, 4.69) is 68.2 Å². The van der Waals surface area contributed by atoms with Gasteiger partial charge >= 0.3 is 5.97 Å². The van der Waals surface area contributed by atoms with Gasteiger partial charge in [-0.1, -0.05) is 93.4 Å². The van der Waals surface area contributed by atoms with Crippen molar-refractivity contribution >= 4 is 128 Å². The maximum atomic E-state index is 11.4. The Morgan fingerprint density at radius 2 is 1.62 bits per heavy atom. The molecule has 0 aromatic heterocycles. The molecule has 4 rings (SSSR count). The predicted molar refractivity (Wildman–Crippen MR) is 210 cm³/mol. The molecule has 0 aliphatic heterocycles. The molecule has 0 spiro atoms. The molecular weight excluding hydrogens is 881 g/mol. The number of hydrogen-bond donors (Lipinski definition) is 0. The molecule has 0 saturated heterocycles. The smallest absolute Gasteiger partial charge is 0.337 e. The summed E-state index contributed by atoms with van der Waals surface area (Å²) in [6.07, 6.45) is 0. The van der Waals surface area contributed by atoms with Crippen molar-refractivity contribution in [3.05, 3.63) is 126 Å². The van der Waals surface area contributed by atoms with Crippen molar-refractivity contribution in [2.75, 3.05) is 7.11 Å². The van der Waals surface area contributed by atoms with Crippen LogP contribution in [0.15, 0.2) is 98.8 Å². The van der Waals surface area contributed by atoms with Gasteiger partial charge in [0.05, 0.1) is 35.8 Å². The summed E-state index contributed by atoms with van der Waals surface area (Å²) >= 11 is 18.3. The topological polar surface area (TPSA) is 88.6 Å². The van der Waals surface area contributed by atoms with Crippen LogP contribution in [-0.4, -0.2) is 21.5 Å². The SMILES string of the molecule is COC(=O)c1ccc(-c2cccc(Br)c2)c(Cl)c1.O=S(=O)(Cl)c1ccc(Cl)cc1.PPP(P)P.[C-]#[N+]c1cccc(C#N)c1Br. The monoisotopic (exact) mass is 902 g/mol. The number of benzene rings is 4. The van der Waals surface area contributed by atoms with Crippen molar-refractivity contribution in [3.8, 4) is 17.2 Å². The molecule has 0 aliphatic carbocycles. The van der Waals surface area contributed by atoms with E-state index in [0.29, 0.717) is 31.3 Å². The van der Waals surface area contributed by atoms with Gasteiger partial charge < -0.3 is 4.74 Å². The van der Waals surface area contributed by atoms with Gasteiger partial charge in [-0.15, -0.1) is 26.8 Å². The minimum Gasteiger partial charge on any atom is -0.465 e. The van der Waals surface area contributed by atoms with E-state index in [1.165, 1.54) is 31.4 Å². The molecule has 236 valence electrons. The number of nitriles is 1. The second-order valence-corrected chi connectivity index (χ2v) is 27.1. The number of halogens is 5. The van der Waals surface area contributed by atoms with E-state index in [1.54, 1.807) is 30.3 Å². The van der Waals surface area contributed by atoms with E-state index < -0.39 is 15.0 Å². The summed E-state index contributed by atoms with van der Waals surface area (Å²) in [5, 5.41) is 9.56. The Hall–Kier alpha value is -0.740. The third-order valence-electron chi connectivity index (χ3n) is 4.99. The Morgan fingerprint density at radius 3 is 2.09 bits per heavy atom. The third-order valence-corrected chi connectivity index (χ3v) is 20.2. The first-order chi connectivity index (χ1) is 21.2. The van der Waals surface area contributed by atoms with E-state index in [1.807, 2.05) is 36.4 Å². The fraction of sp³-hybridized carbons (Fsp3) is 0.0357.